The fraction of sp³-hybridized carbons (Fsp3) is 0.214. The molecule has 0 amide bonds. The normalized spacial score (nSPS) is 10.6. The van der Waals surface area contributed by atoms with Crippen LogP contribution in [0.5, 0.6) is 0 Å². The van der Waals surface area contributed by atoms with E-state index in [0.717, 1.165) is 22.7 Å². The number of Topliss-reactive ketones (excluding diaryl/α,β-unsaturated/α-hetero) is 1. The zero-order valence-electron chi connectivity index (χ0n) is 9.66. The van der Waals surface area contributed by atoms with Crippen molar-refractivity contribution in [1.82, 2.24) is 0 Å². The summed E-state index contributed by atoms with van der Waals surface area (Å²) in [6.45, 7) is 0. The van der Waals surface area contributed by atoms with E-state index in [1.807, 2.05) is 12.1 Å². The molecule has 0 atom stereocenters. The number of benzene rings is 1. The molecule has 1 aromatic carbocycles. The average Bonchev–Trinajstić information content (AvgIpc) is 2.76. The Morgan fingerprint density at radius 2 is 1.78 bits per heavy atom. The number of carbonyl (C=O) groups is 1. The van der Waals surface area contributed by atoms with Crippen molar-refractivity contribution in [2.24, 2.45) is 0 Å². The predicted molar refractivity (Wildman–Crippen MR) is 78.0 cm³/mol. The highest BCUT2D eigenvalue weighted by atomic mass is 35.5. The molecule has 0 aliphatic rings. The van der Waals surface area contributed by atoms with Crippen molar-refractivity contribution < 1.29 is 4.79 Å². The first-order valence-corrected chi connectivity index (χ1v) is 7.25. The number of thiophene rings is 1. The first-order valence-electron chi connectivity index (χ1n) is 5.68. The quantitative estimate of drug-likeness (QED) is 0.688. The van der Waals surface area contributed by atoms with Gasteiger partial charge in [0.25, 0.3) is 0 Å². The molecule has 0 unspecified atom stereocenters. The van der Waals surface area contributed by atoms with Crippen LogP contribution in [0.25, 0.3) is 0 Å². The molecule has 0 N–H and O–H groups in total. The largest absolute Gasteiger partial charge is 0.294 e. The average molecular weight is 299 g/mol. The second-order valence-corrected chi connectivity index (χ2v) is 6.23. The lowest BCUT2D eigenvalue weighted by atomic mass is 10.1. The Labute approximate surface area is 120 Å². The summed E-state index contributed by atoms with van der Waals surface area (Å²) in [4.78, 5) is 13.1. The van der Waals surface area contributed by atoms with Crippen molar-refractivity contribution >= 4 is 40.3 Å². The molecule has 0 bridgehead atoms. The zero-order valence-corrected chi connectivity index (χ0v) is 12.0. The molecule has 1 heterocycles. The van der Waals surface area contributed by atoms with Crippen molar-refractivity contribution in [3.8, 4) is 0 Å². The summed E-state index contributed by atoms with van der Waals surface area (Å²) >= 11 is 13.2. The molecule has 2 aromatic rings. The summed E-state index contributed by atoms with van der Waals surface area (Å²) in [5.74, 6) is 0.161. The van der Waals surface area contributed by atoms with Gasteiger partial charge in [-0.3, -0.25) is 4.79 Å². The molecule has 0 radical (unpaired) electrons. The van der Waals surface area contributed by atoms with Gasteiger partial charge in [0, 0.05) is 21.9 Å². The molecule has 1 aromatic heterocycles. The molecular weight excluding hydrogens is 287 g/mol. The summed E-state index contributed by atoms with van der Waals surface area (Å²) in [6, 6.07) is 10.9. The van der Waals surface area contributed by atoms with E-state index in [4.69, 9.17) is 23.2 Å². The van der Waals surface area contributed by atoms with Crippen molar-refractivity contribution in [2.75, 3.05) is 0 Å². The first kappa shape index (κ1) is 13.6. The van der Waals surface area contributed by atoms with Gasteiger partial charge in [0.1, 0.15) is 0 Å². The van der Waals surface area contributed by atoms with Gasteiger partial charge < -0.3 is 0 Å². The minimum Gasteiger partial charge on any atom is -0.294 e. The van der Waals surface area contributed by atoms with Gasteiger partial charge in [0.15, 0.2) is 5.78 Å². The summed E-state index contributed by atoms with van der Waals surface area (Å²) < 4.78 is 0.800. The van der Waals surface area contributed by atoms with Crippen molar-refractivity contribution in [3.05, 3.63) is 56.2 Å². The van der Waals surface area contributed by atoms with Crippen LogP contribution in [0.1, 0.15) is 28.1 Å². The Hall–Kier alpha value is -0.830. The van der Waals surface area contributed by atoms with Crippen LogP contribution in [0.15, 0.2) is 36.4 Å². The van der Waals surface area contributed by atoms with Gasteiger partial charge in [-0.05, 0) is 49.2 Å². The highest BCUT2D eigenvalue weighted by Crippen LogP contribution is 2.23. The summed E-state index contributed by atoms with van der Waals surface area (Å²) in [5.41, 5.74) is 0.726. The van der Waals surface area contributed by atoms with E-state index in [1.54, 1.807) is 35.6 Å². The third-order valence-corrected chi connectivity index (χ3v) is 4.16. The SMILES string of the molecule is O=C(CCCc1ccc(Cl)s1)c1ccc(Cl)cc1. The maximum absolute atomic E-state index is 11.9. The minimum atomic E-state index is 0.161. The van der Waals surface area contributed by atoms with Gasteiger partial charge in [-0.2, -0.15) is 0 Å². The number of hydrogen-bond acceptors (Lipinski definition) is 2. The second kappa shape index (κ2) is 6.37. The lowest BCUT2D eigenvalue weighted by Crippen LogP contribution is -1.99. The van der Waals surface area contributed by atoms with E-state index in [1.165, 1.54) is 4.88 Å². The van der Waals surface area contributed by atoms with E-state index in [9.17, 15) is 4.79 Å². The Balaban J connectivity index is 1.83. The van der Waals surface area contributed by atoms with Crippen LogP contribution >= 0.6 is 34.5 Å². The van der Waals surface area contributed by atoms with E-state index in [0.29, 0.717) is 11.4 Å². The smallest absolute Gasteiger partial charge is 0.162 e. The number of ketones is 1. The molecule has 0 aliphatic heterocycles. The second-order valence-electron chi connectivity index (χ2n) is 3.99. The molecule has 4 heteroatoms. The molecule has 0 aliphatic carbocycles. The zero-order chi connectivity index (χ0) is 13.0. The van der Waals surface area contributed by atoms with Crippen molar-refractivity contribution in [3.63, 3.8) is 0 Å². The Morgan fingerprint density at radius 3 is 2.39 bits per heavy atom. The standard InChI is InChI=1S/C14H12Cl2OS/c15-11-6-4-10(5-7-11)13(17)3-1-2-12-8-9-14(16)18-12/h4-9H,1-3H2. The summed E-state index contributed by atoms with van der Waals surface area (Å²) in [7, 11) is 0. The first-order chi connectivity index (χ1) is 8.65. The number of hydrogen-bond donors (Lipinski definition) is 0. The van der Waals surface area contributed by atoms with E-state index in [-0.39, 0.29) is 5.78 Å². The van der Waals surface area contributed by atoms with Crippen molar-refractivity contribution in [1.29, 1.82) is 0 Å². The molecule has 94 valence electrons. The monoisotopic (exact) mass is 298 g/mol. The van der Waals surface area contributed by atoms with Crippen LogP contribution in [-0.2, 0) is 6.42 Å². The molecule has 0 fully saturated rings. The van der Waals surface area contributed by atoms with Gasteiger partial charge in [-0.1, -0.05) is 23.2 Å². The van der Waals surface area contributed by atoms with Crippen LogP contribution in [0.2, 0.25) is 9.36 Å². The lowest BCUT2D eigenvalue weighted by molar-refractivity contribution is 0.0980. The van der Waals surface area contributed by atoms with E-state index in [2.05, 4.69) is 0 Å². The topological polar surface area (TPSA) is 17.1 Å². The minimum absolute atomic E-state index is 0.161. The molecular formula is C14H12Cl2OS. The fourth-order valence-electron chi connectivity index (χ4n) is 1.69. The number of rotatable bonds is 5. The van der Waals surface area contributed by atoms with E-state index >= 15 is 0 Å². The van der Waals surface area contributed by atoms with Gasteiger partial charge in [0.2, 0.25) is 0 Å². The molecule has 0 saturated heterocycles. The van der Waals surface area contributed by atoms with Crippen LogP contribution < -0.4 is 0 Å². The fourth-order valence-corrected chi connectivity index (χ4v) is 2.94. The maximum atomic E-state index is 11.9. The Morgan fingerprint density at radius 1 is 1.06 bits per heavy atom. The third kappa shape index (κ3) is 3.84. The number of aryl methyl sites for hydroxylation is 1. The van der Waals surface area contributed by atoms with E-state index < -0.39 is 0 Å². The lowest BCUT2D eigenvalue weighted by Gasteiger charge is -2.00. The Bertz CT molecular complexity index is 531. The molecule has 1 nitrogen and oxygen atoms in total. The maximum Gasteiger partial charge on any atom is 0.162 e. The van der Waals surface area contributed by atoms with Gasteiger partial charge >= 0.3 is 0 Å². The molecule has 2 rings (SSSR count). The Kier molecular flexibility index (Phi) is 4.81. The summed E-state index contributed by atoms with van der Waals surface area (Å²) in [6.07, 6.45) is 2.30. The molecule has 0 saturated carbocycles. The highest BCUT2D eigenvalue weighted by molar-refractivity contribution is 7.16. The molecule has 0 spiro atoms. The highest BCUT2D eigenvalue weighted by Gasteiger charge is 2.06. The molecule has 18 heavy (non-hydrogen) atoms. The van der Waals surface area contributed by atoms with Crippen LogP contribution in [0, 0.1) is 0 Å². The number of carbonyl (C=O) groups excluding carboxylic acids is 1. The van der Waals surface area contributed by atoms with Crippen LogP contribution in [-0.4, -0.2) is 5.78 Å². The van der Waals surface area contributed by atoms with Crippen LogP contribution in [0.4, 0.5) is 0 Å². The third-order valence-electron chi connectivity index (χ3n) is 2.62. The van der Waals surface area contributed by atoms with Crippen LogP contribution in [0.3, 0.4) is 0 Å². The predicted octanol–water partition coefficient (Wildman–Crippen LogP) is 5.26. The van der Waals surface area contributed by atoms with Crippen molar-refractivity contribution in [2.45, 2.75) is 19.3 Å². The summed E-state index contributed by atoms with van der Waals surface area (Å²) in [5, 5.41) is 0.653. The number of halogens is 2. The van der Waals surface area contributed by atoms with Gasteiger partial charge in [-0.15, -0.1) is 11.3 Å². The van der Waals surface area contributed by atoms with Gasteiger partial charge in [-0.25, -0.2) is 0 Å². The van der Waals surface area contributed by atoms with Gasteiger partial charge in [0.05, 0.1) is 4.34 Å².